The Bertz CT molecular complexity index is 1110. The number of carbonyl (C=O) groups is 4. The highest BCUT2D eigenvalue weighted by Gasteiger charge is 2.64. The van der Waals surface area contributed by atoms with Gasteiger partial charge < -0.3 is 25.0 Å². The number of amides is 3. The van der Waals surface area contributed by atoms with Gasteiger partial charge in [0.25, 0.3) is 0 Å². The zero-order chi connectivity index (χ0) is 25.2. The maximum absolute atomic E-state index is 13.3. The average molecular weight is 498 g/mol. The molecule has 35 heavy (non-hydrogen) atoms. The molecular formula is C25H27N3O6S. The number of nitrogens with one attached hydrogen (secondary N) is 2. The zero-order valence-electron chi connectivity index (χ0n) is 19.6. The first-order chi connectivity index (χ1) is 16.7. The van der Waals surface area contributed by atoms with Crippen molar-refractivity contribution in [3.05, 3.63) is 71.8 Å². The van der Waals surface area contributed by atoms with Crippen LogP contribution >= 0.6 is 11.8 Å². The zero-order valence-corrected chi connectivity index (χ0v) is 20.4. The van der Waals surface area contributed by atoms with Crippen LogP contribution in [-0.4, -0.2) is 58.1 Å². The van der Waals surface area contributed by atoms with Crippen molar-refractivity contribution in [1.29, 1.82) is 0 Å². The highest BCUT2D eigenvalue weighted by atomic mass is 32.2. The molecule has 4 atom stereocenters. The molecule has 2 fully saturated rings. The molecule has 2 heterocycles. The van der Waals surface area contributed by atoms with E-state index in [0.717, 1.165) is 5.56 Å². The second-order valence-electron chi connectivity index (χ2n) is 8.82. The molecule has 184 valence electrons. The SMILES string of the molecule is COC(=O)[C@@H]1N2C(=O)[C@@H](NC(=O)C(NC(=O)OCc3ccccc3)c3ccccc3)[C@H]2SC1(C)C. The van der Waals surface area contributed by atoms with Crippen molar-refractivity contribution in [1.82, 2.24) is 15.5 Å². The van der Waals surface area contributed by atoms with Gasteiger partial charge in [0.05, 0.1) is 7.11 Å². The topological polar surface area (TPSA) is 114 Å². The Balaban J connectivity index is 1.45. The molecule has 3 amide bonds. The molecule has 2 aliphatic rings. The Morgan fingerprint density at radius 2 is 1.69 bits per heavy atom. The number of rotatable bonds is 7. The minimum Gasteiger partial charge on any atom is -0.467 e. The second kappa shape index (κ2) is 9.99. The number of methoxy groups -OCH3 is 1. The van der Waals surface area contributed by atoms with E-state index in [1.165, 1.54) is 23.8 Å². The Kier molecular flexibility index (Phi) is 7.02. The average Bonchev–Trinajstić information content (AvgIpc) is 3.12. The minimum absolute atomic E-state index is 0.0502. The van der Waals surface area contributed by atoms with Gasteiger partial charge in [-0.15, -0.1) is 11.8 Å². The fraction of sp³-hybridized carbons (Fsp3) is 0.360. The Labute approximate surface area is 207 Å². The summed E-state index contributed by atoms with van der Waals surface area (Å²) in [5, 5.41) is 4.95. The second-order valence-corrected chi connectivity index (χ2v) is 10.6. The molecule has 2 N–H and O–H groups in total. The van der Waals surface area contributed by atoms with Gasteiger partial charge in [-0.3, -0.25) is 9.59 Å². The van der Waals surface area contributed by atoms with Crippen LogP contribution in [0.25, 0.3) is 0 Å². The van der Waals surface area contributed by atoms with E-state index in [0.29, 0.717) is 5.56 Å². The van der Waals surface area contributed by atoms with Crippen LogP contribution in [0, 0.1) is 0 Å². The van der Waals surface area contributed by atoms with Crippen molar-refractivity contribution in [2.24, 2.45) is 0 Å². The Hall–Kier alpha value is -3.53. The smallest absolute Gasteiger partial charge is 0.408 e. The summed E-state index contributed by atoms with van der Waals surface area (Å²) < 4.78 is 9.59. The molecule has 0 radical (unpaired) electrons. The van der Waals surface area contributed by atoms with E-state index in [1.54, 1.807) is 30.3 Å². The Morgan fingerprint density at radius 1 is 1.06 bits per heavy atom. The van der Waals surface area contributed by atoms with Crippen molar-refractivity contribution >= 4 is 35.6 Å². The number of carbonyl (C=O) groups excluding carboxylic acids is 4. The molecule has 0 saturated carbocycles. The molecule has 0 aromatic heterocycles. The first-order valence-corrected chi connectivity index (χ1v) is 12.0. The van der Waals surface area contributed by atoms with Gasteiger partial charge in [0.2, 0.25) is 11.8 Å². The maximum atomic E-state index is 13.3. The molecule has 9 nitrogen and oxygen atoms in total. The lowest BCUT2D eigenvalue weighted by atomic mass is 9.95. The van der Waals surface area contributed by atoms with E-state index < -0.39 is 46.2 Å². The van der Waals surface area contributed by atoms with Gasteiger partial charge in [-0.25, -0.2) is 9.59 Å². The Morgan fingerprint density at radius 3 is 2.31 bits per heavy atom. The molecule has 2 aliphatic heterocycles. The lowest BCUT2D eigenvalue weighted by Gasteiger charge is -2.44. The number of thioether (sulfide) groups is 1. The highest BCUT2D eigenvalue weighted by molar-refractivity contribution is 8.01. The van der Waals surface area contributed by atoms with Crippen LogP contribution < -0.4 is 10.6 Å². The number of β-lactam (4-membered cyclic amide) rings is 1. The fourth-order valence-electron chi connectivity index (χ4n) is 4.30. The van der Waals surface area contributed by atoms with E-state index in [9.17, 15) is 19.2 Å². The van der Waals surface area contributed by atoms with E-state index in [-0.39, 0.29) is 12.5 Å². The number of hydrogen-bond donors (Lipinski definition) is 2. The molecule has 1 unspecified atom stereocenters. The van der Waals surface area contributed by atoms with Gasteiger partial charge in [-0.1, -0.05) is 60.7 Å². The van der Waals surface area contributed by atoms with Crippen LogP contribution in [0.1, 0.15) is 31.0 Å². The molecule has 0 bridgehead atoms. The first-order valence-electron chi connectivity index (χ1n) is 11.1. The number of alkyl carbamates (subject to hydrolysis) is 1. The summed E-state index contributed by atoms with van der Waals surface area (Å²) in [6.07, 6.45) is -0.762. The molecular weight excluding hydrogens is 470 g/mol. The van der Waals surface area contributed by atoms with Gasteiger partial charge in [0, 0.05) is 4.75 Å². The number of ether oxygens (including phenoxy) is 2. The predicted molar refractivity (Wildman–Crippen MR) is 129 cm³/mol. The number of nitrogens with zero attached hydrogens (tertiary/aromatic N) is 1. The van der Waals surface area contributed by atoms with Crippen molar-refractivity contribution in [2.45, 2.75) is 48.7 Å². The third kappa shape index (κ3) is 4.97. The van der Waals surface area contributed by atoms with Crippen LogP contribution in [0.2, 0.25) is 0 Å². The lowest BCUT2D eigenvalue weighted by molar-refractivity contribution is -0.162. The molecule has 2 aromatic carbocycles. The molecule has 0 aliphatic carbocycles. The maximum Gasteiger partial charge on any atom is 0.408 e. The normalized spacial score (nSPS) is 22.9. The summed E-state index contributed by atoms with van der Waals surface area (Å²) in [4.78, 5) is 52.5. The number of benzene rings is 2. The van der Waals surface area contributed by atoms with Crippen molar-refractivity contribution in [3.63, 3.8) is 0 Å². The van der Waals surface area contributed by atoms with Gasteiger partial charge in [0.1, 0.15) is 30.1 Å². The first kappa shape index (κ1) is 24.6. The van der Waals surface area contributed by atoms with Gasteiger partial charge in [0.15, 0.2) is 0 Å². The third-order valence-electron chi connectivity index (χ3n) is 6.03. The fourth-order valence-corrected chi connectivity index (χ4v) is 5.92. The number of hydrogen-bond acceptors (Lipinski definition) is 7. The third-order valence-corrected chi connectivity index (χ3v) is 7.60. The number of fused-ring (bicyclic) bond motifs is 1. The molecule has 2 saturated heterocycles. The highest BCUT2D eigenvalue weighted by Crippen LogP contribution is 2.51. The van der Waals surface area contributed by atoms with Crippen LogP contribution in [-0.2, 0) is 30.5 Å². The summed E-state index contributed by atoms with van der Waals surface area (Å²) >= 11 is 1.43. The summed E-state index contributed by atoms with van der Waals surface area (Å²) in [5.74, 6) is -1.41. The van der Waals surface area contributed by atoms with Crippen LogP contribution in [0.5, 0.6) is 0 Å². The summed E-state index contributed by atoms with van der Waals surface area (Å²) in [7, 11) is 1.28. The van der Waals surface area contributed by atoms with E-state index in [1.807, 2.05) is 44.2 Å². The molecule has 2 aromatic rings. The minimum atomic E-state index is -1.07. The molecule has 0 spiro atoms. The van der Waals surface area contributed by atoms with E-state index in [4.69, 9.17) is 9.47 Å². The standard InChI is InChI=1S/C25H27N3O6S/c1-25(2)19(23(31)33-3)28-21(30)18(22(28)35-25)26-20(29)17(16-12-8-5-9-13-16)27-24(32)34-14-15-10-6-4-7-11-15/h4-13,17-19,22H,14H2,1-3H3,(H,26,29)(H,27,32)/t17?,18-,19+,22-/m1/s1. The predicted octanol–water partition coefficient (Wildman–Crippen LogP) is 2.37. The van der Waals surface area contributed by atoms with Crippen molar-refractivity contribution in [2.75, 3.05) is 7.11 Å². The van der Waals surface area contributed by atoms with Gasteiger partial charge >= 0.3 is 12.1 Å². The van der Waals surface area contributed by atoms with Crippen molar-refractivity contribution in [3.8, 4) is 0 Å². The summed E-state index contributed by atoms with van der Waals surface area (Å²) in [6.45, 7) is 3.77. The number of esters is 1. The lowest BCUT2D eigenvalue weighted by Crippen LogP contribution is -2.71. The summed E-state index contributed by atoms with van der Waals surface area (Å²) in [5.41, 5.74) is 1.35. The van der Waals surface area contributed by atoms with Gasteiger partial charge in [-0.2, -0.15) is 0 Å². The molecule has 4 rings (SSSR count). The van der Waals surface area contributed by atoms with Crippen molar-refractivity contribution < 1.29 is 28.7 Å². The van der Waals surface area contributed by atoms with E-state index in [2.05, 4.69) is 10.6 Å². The largest absolute Gasteiger partial charge is 0.467 e. The molecule has 10 heteroatoms. The monoisotopic (exact) mass is 497 g/mol. The van der Waals surface area contributed by atoms with Gasteiger partial charge in [-0.05, 0) is 25.0 Å². The van der Waals surface area contributed by atoms with Crippen LogP contribution in [0.4, 0.5) is 4.79 Å². The van der Waals surface area contributed by atoms with Crippen LogP contribution in [0.3, 0.4) is 0 Å². The van der Waals surface area contributed by atoms with E-state index >= 15 is 0 Å². The quantitative estimate of drug-likeness (QED) is 0.446. The van der Waals surface area contributed by atoms with Crippen LogP contribution in [0.15, 0.2) is 60.7 Å². The summed E-state index contributed by atoms with van der Waals surface area (Å²) in [6, 6.07) is 15.3.